The molecule has 1 N–H and O–H groups in total. The smallest absolute Gasteiger partial charge is 0.240 e. The quantitative estimate of drug-likeness (QED) is 0.719. The van der Waals surface area contributed by atoms with E-state index in [1.807, 2.05) is 18.7 Å². The predicted octanol–water partition coefficient (Wildman–Crippen LogP) is -0.00300. The van der Waals surface area contributed by atoms with E-state index in [4.69, 9.17) is 0 Å². The Bertz CT molecular complexity index is 343. The predicted molar refractivity (Wildman–Crippen MR) is 84.1 cm³/mol. The zero-order chi connectivity index (χ0) is 15.8. The molecule has 1 fully saturated rings. The summed E-state index contributed by atoms with van der Waals surface area (Å²) in [7, 11) is 3.58. The van der Waals surface area contributed by atoms with Gasteiger partial charge >= 0.3 is 0 Å². The van der Waals surface area contributed by atoms with Crippen molar-refractivity contribution >= 4 is 11.8 Å². The topological polar surface area (TPSA) is 55.9 Å². The number of hydrogen-bond acceptors (Lipinski definition) is 4. The molecular formula is C15H30N4O2. The highest BCUT2D eigenvalue weighted by molar-refractivity contribution is 5.81. The maximum absolute atomic E-state index is 12.2. The summed E-state index contributed by atoms with van der Waals surface area (Å²) in [5.74, 6) is 0.350. The Hall–Kier alpha value is -1.14. The standard InChI is InChI=1S/C15H30N4O2/c1-5-18(6-2)14(20)8-7-10-19-11-9-16-12-13(19)15(21)17(3)4/h13,16H,5-12H2,1-4H3. The molecule has 1 unspecified atom stereocenters. The Morgan fingerprint density at radius 2 is 1.90 bits per heavy atom. The first-order valence-electron chi connectivity index (χ1n) is 7.94. The number of nitrogens with zero attached hydrogens (tertiary/aromatic N) is 3. The number of hydrogen-bond donors (Lipinski definition) is 1. The summed E-state index contributed by atoms with van der Waals surface area (Å²) in [6.07, 6.45) is 1.38. The highest BCUT2D eigenvalue weighted by Gasteiger charge is 2.29. The third kappa shape index (κ3) is 5.28. The lowest BCUT2D eigenvalue weighted by molar-refractivity contribution is -0.135. The third-order valence-electron chi connectivity index (χ3n) is 4.03. The fourth-order valence-electron chi connectivity index (χ4n) is 2.72. The lowest BCUT2D eigenvalue weighted by atomic mass is 10.1. The Kier molecular flexibility index (Phi) is 7.67. The molecule has 122 valence electrons. The molecule has 1 aliphatic heterocycles. The summed E-state index contributed by atoms with van der Waals surface area (Å²) in [4.78, 5) is 29.9. The number of carbonyl (C=O) groups is 2. The van der Waals surface area contributed by atoms with Crippen LogP contribution in [0, 0.1) is 0 Å². The number of likely N-dealkylation sites (N-methyl/N-ethyl adjacent to an activating group) is 1. The van der Waals surface area contributed by atoms with Gasteiger partial charge in [0.15, 0.2) is 0 Å². The lowest BCUT2D eigenvalue weighted by Gasteiger charge is -2.36. The van der Waals surface area contributed by atoms with Crippen molar-refractivity contribution in [2.24, 2.45) is 0 Å². The van der Waals surface area contributed by atoms with Crippen LogP contribution < -0.4 is 5.32 Å². The molecule has 6 nitrogen and oxygen atoms in total. The van der Waals surface area contributed by atoms with Crippen LogP contribution in [-0.4, -0.2) is 85.9 Å². The highest BCUT2D eigenvalue weighted by Crippen LogP contribution is 2.08. The van der Waals surface area contributed by atoms with Crippen LogP contribution in [0.15, 0.2) is 0 Å². The van der Waals surface area contributed by atoms with Crippen molar-refractivity contribution in [2.45, 2.75) is 32.7 Å². The normalized spacial score (nSPS) is 19.3. The summed E-state index contributed by atoms with van der Waals surface area (Å²) in [5, 5.41) is 3.27. The molecule has 1 aliphatic rings. The van der Waals surface area contributed by atoms with Gasteiger partial charge in [-0.25, -0.2) is 0 Å². The molecule has 0 aromatic rings. The van der Waals surface area contributed by atoms with Crippen LogP contribution in [-0.2, 0) is 9.59 Å². The van der Waals surface area contributed by atoms with E-state index in [9.17, 15) is 9.59 Å². The molecule has 0 spiro atoms. The van der Waals surface area contributed by atoms with Crippen molar-refractivity contribution in [1.29, 1.82) is 0 Å². The molecule has 0 aromatic carbocycles. The summed E-state index contributed by atoms with van der Waals surface area (Å²) in [6, 6.07) is -0.0997. The molecule has 2 amide bonds. The number of amides is 2. The summed E-state index contributed by atoms with van der Waals surface area (Å²) in [5.41, 5.74) is 0. The van der Waals surface area contributed by atoms with E-state index < -0.39 is 0 Å². The van der Waals surface area contributed by atoms with Gasteiger partial charge < -0.3 is 15.1 Å². The Morgan fingerprint density at radius 3 is 2.48 bits per heavy atom. The Morgan fingerprint density at radius 1 is 1.24 bits per heavy atom. The molecule has 1 rings (SSSR count). The monoisotopic (exact) mass is 298 g/mol. The van der Waals surface area contributed by atoms with Gasteiger partial charge in [0.25, 0.3) is 0 Å². The van der Waals surface area contributed by atoms with Gasteiger partial charge in [-0.15, -0.1) is 0 Å². The second-order valence-electron chi connectivity index (χ2n) is 5.66. The van der Waals surface area contributed by atoms with E-state index in [1.54, 1.807) is 19.0 Å². The Balaban J connectivity index is 2.44. The van der Waals surface area contributed by atoms with Crippen molar-refractivity contribution in [2.75, 3.05) is 53.4 Å². The average molecular weight is 298 g/mol. The molecule has 0 bridgehead atoms. The van der Waals surface area contributed by atoms with Gasteiger partial charge in [-0.05, 0) is 26.8 Å². The van der Waals surface area contributed by atoms with E-state index in [2.05, 4.69) is 10.2 Å². The minimum absolute atomic E-state index is 0.0997. The number of nitrogens with one attached hydrogen (secondary N) is 1. The average Bonchev–Trinajstić information content (AvgIpc) is 2.48. The molecule has 6 heteroatoms. The number of carbonyl (C=O) groups excluding carboxylic acids is 2. The van der Waals surface area contributed by atoms with Gasteiger partial charge in [-0.1, -0.05) is 0 Å². The molecule has 1 atom stereocenters. The van der Waals surface area contributed by atoms with E-state index in [0.29, 0.717) is 13.0 Å². The van der Waals surface area contributed by atoms with Crippen LogP contribution in [0.3, 0.4) is 0 Å². The molecule has 1 heterocycles. The van der Waals surface area contributed by atoms with Crippen LogP contribution in [0.2, 0.25) is 0 Å². The highest BCUT2D eigenvalue weighted by atomic mass is 16.2. The first-order valence-corrected chi connectivity index (χ1v) is 7.94. The van der Waals surface area contributed by atoms with E-state index in [-0.39, 0.29) is 17.9 Å². The first-order chi connectivity index (χ1) is 10.0. The molecule has 21 heavy (non-hydrogen) atoms. The largest absolute Gasteiger partial charge is 0.347 e. The number of piperazine rings is 1. The first kappa shape index (κ1) is 17.9. The van der Waals surface area contributed by atoms with Crippen molar-refractivity contribution in [1.82, 2.24) is 20.0 Å². The third-order valence-corrected chi connectivity index (χ3v) is 4.03. The summed E-state index contributed by atoms with van der Waals surface area (Å²) in [6.45, 7) is 8.81. The molecule has 0 aromatic heterocycles. The second-order valence-corrected chi connectivity index (χ2v) is 5.66. The minimum atomic E-state index is -0.0997. The molecular weight excluding hydrogens is 268 g/mol. The van der Waals surface area contributed by atoms with E-state index >= 15 is 0 Å². The lowest BCUT2D eigenvalue weighted by Crippen LogP contribution is -2.57. The fourth-order valence-corrected chi connectivity index (χ4v) is 2.72. The van der Waals surface area contributed by atoms with Crippen molar-refractivity contribution in [3.8, 4) is 0 Å². The maximum Gasteiger partial charge on any atom is 0.240 e. The zero-order valence-electron chi connectivity index (χ0n) is 13.9. The Labute approximate surface area is 128 Å². The summed E-state index contributed by atoms with van der Waals surface area (Å²) >= 11 is 0. The minimum Gasteiger partial charge on any atom is -0.347 e. The number of rotatable bonds is 7. The van der Waals surface area contributed by atoms with Gasteiger partial charge in [0, 0.05) is 53.2 Å². The molecule has 0 radical (unpaired) electrons. The van der Waals surface area contributed by atoms with Crippen LogP contribution >= 0.6 is 0 Å². The van der Waals surface area contributed by atoms with Crippen LogP contribution in [0.5, 0.6) is 0 Å². The SMILES string of the molecule is CCN(CC)C(=O)CCCN1CCNCC1C(=O)N(C)C. The van der Waals surface area contributed by atoms with Crippen molar-refractivity contribution in [3.05, 3.63) is 0 Å². The van der Waals surface area contributed by atoms with Gasteiger partial charge in [0.1, 0.15) is 6.04 Å². The zero-order valence-corrected chi connectivity index (χ0v) is 13.9. The van der Waals surface area contributed by atoms with Gasteiger partial charge in [-0.3, -0.25) is 14.5 Å². The summed E-state index contributed by atoms with van der Waals surface area (Å²) < 4.78 is 0. The second kappa shape index (κ2) is 9.00. The van der Waals surface area contributed by atoms with Gasteiger partial charge in [-0.2, -0.15) is 0 Å². The fraction of sp³-hybridized carbons (Fsp3) is 0.867. The maximum atomic E-state index is 12.2. The van der Waals surface area contributed by atoms with Crippen LogP contribution in [0.25, 0.3) is 0 Å². The van der Waals surface area contributed by atoms with Crippen LogP contribution in [0.4, 0.5) is 0 Å². The van der Waals surface area contributed by atoms with E-state index in [1.165, 1.54) is 0 Å². The van der Waals surface area contributed by atoms with Crippen molar-refractivity contribution < 1.29 is 9.59 Å². The molecule has 0 aliphatic carbocycles. The van der Waals surface area contributed by atoms with E-state index in [0.717, 1.165) is 39.1 Å². The van der Waals surface area contributed by atoms with Gasteiger partial charge in [0.05, 0.1) is 0 Å². The van der Waals surface area contributed by atoms with Crippen molar-refractivity contribution in [3.63, 3.8) is 0 Å². The molecule has 0 saturated carbocycles. The van der Waals surface area contributed by atoms with Gasteiger partial charge in [0.2, 0.25) is 11.8 Å². The van der Waals surface area contributed by atoms with Crippen LogP contribution in [0.1, 0.15) is 26.7 Å². The molecule has 1 saturated heterocycles.